The van der Waals surface area contributed by atoms with Gasteiger partial charge in [0.05, 0.1) is 0 Å². The lowest BCUT2D eigenvalue weighted by atomic mass is 10.1. The summed E-state index contributed by atoms with van der Waals surface area (Å²) in [7, 11) is 0. The maximum atomic E-state index is 11.2. The summed E-state index contributed by atoms with van der Waals surface area (Å²) in [6.07, 6.45) is 3.19. The number of carbonyl (C=O) groups excluding carboxylic acids is 2. The van der Waals surface area contributed by atoms with E-state index in [4.69, 9.17) is 0 Å². The fourth-order valence-electron chi connectivity index (χ4n) is 2.85. The van der Waals surface area contributed by atoms with Crippen LogP contribution in [0.5, 0.6) is 0 Å². The van der Waals surface area contributed by atoms with Crippen LogP contribution < -0.4 is 0 Å². The number of rotatable bonds is 0. The summed E-state index contributed by atoms with van der Waals surface area (Å²) in [4.78, 5) is 22.3. The molecule has 2 nitrogen and oxygen atoms in total. The maximum Gasteiger partial charge on any atom is 0.163 e. The van der Waals surface area contributed by atoms with E-state index in [1.54, 1.807) is 0 Å². The fraction of sp³-hybridized carbons (Fsp3) is 0.222. The predicted molar refractivity (Wildman–Crippen MR) is 93.6 cm³/mol. The van der Waals surface area contributed by atoms with Gasteiger partial charge in [-0.15, -0.1) is 0 Å². The van der Waals surface area contributed by atoms with E-state index in [2.05, 4.69) is 31.9 Å². The minimum atomic E-state index is 0.285. The number of Topliss-reactive ketones (excluding diaryl/α,β-unsaturated/α-hetero) is 2. The fourth-order valence-corrected chi connectivity index (χ4v) is 3.67. The third kappa shape index (κ3) is 3.23. The monoisotopic (exact) mass is 420 g/mol. The molecule has 0 N–H and O–H groups in total. The van der Waals surface area contributed by atoms with Gasteiger partial charge >= 0.3 is 0 Å². The van der Waals surface area contributed by atoms with Crippen LogP contribution in [0, 0.1) is 0 Å². The molecule has 0 saturated heterocycles. The molecule has 4 rings (SSSR count). The summed E-state index contributed by atoms with van der Waals surface area (Å²) in [5.74, 6) is 0.569. The van der Waals surface area contributed by atoms with Crippen LogP contribution >= 0.6 is 31.9 Å². The Hall–Kier alpha value is -1.26. The van der Waals surface area contributed by atoms with Crippen molar-refractivity contribution in [1.29, 1.82) is 0 Å². The Balaban J connectivity index is 0.000000131. The first kappa shape index (κ1) is 15.6. The lowest BCUT2D eigenvalue weighted by Gasteiger charge is -1.96. The highest BCUT2D eigenvalue weighted by Crippen LogP contribution is 2.25. The minimum absolute atomic E-state index is 0.285. The van der Waals surface area contributed by atoms with Gasteiger partial charge < -0.3 is 0 Å². The lowest BCUT2D eigenvalue weighted by Crippen LogP contribution is -1.89. The smallest absolute Gasteiger partial charge is 0.163 e. The van der Waals surface area contributed by atoms with E-state index >= 15 is 0 Å². The van der Waals surface area contributed by atoms with E-state index in [9.17, 15) is 9.59 Å². The Labute approximate surface area is 146 Å². The van der Waals surface area contributed by atoms with Gasteiger partial charge in [0.2, 0.25) is 0 Å². The van der Waals surface area contributed by atoms with Crippen LogP contribution in [0.2, 0.25) is 0 Å². The summed E-state index contributed by atoms with van der Waals surface area (Å²) in [5, 5.41) is 0. The van der Waals surface area contributed by atoms with E-state index < -0.39 is 0 Å². The van der Waals surface area contributed by atoms with Crippen molar-refractivity contribution in [2.75, 3.05) is 0 Å². The van der Waals surface area contributed by atoms with Gasteiger partial charge in [-0.1, -0.05) is 44.0 Å². The van der Waals surface area contributed by atoms with Gasteiger partial charge in [0.15, 0.2) is 11.6 Å². The minimum Gasteiger partial charge on any atom is -0.294 e. The van der Waals surface area contributed by atoms with Crippen molar-refractivity contribution >= 4 is 43.4 Å². The highest BCUT2D eigenvalue weighted by molar-refractivity contribution is 9.10. The summed E-state index contributed by atoms with van der Waals surface area (Å²) in [6, 6.07) is 11.7. The van der Waals surface area contributed by atoms with Gasteiger partial charge in [-0.2, -0.15) is 0 Å². The summed E-state index contributed by atoms with van der Waals surface area (Å²) >= 11 is 6.75. The second-order valence-electron chi connectivity index (χ2n) is 5.45. The van der Waals surface area contributed by atoms with Gasteiger partial charge in [-0.25, -0.2) is 0 Å². The second kappa shape index (κ2) is 6.47. The topological polar surface area (TPSA) is 34.1 Å². The van der Waals surface area contributed by atoms with Gasteiger partial charge in [0, 0.05) is 32.9 Å². The Bertz CT molecular complexity index is 700. The van der Waals surface area contributed by atoms with Gasteiger partial charge in [0.25, 0.3) is 0 Å². The van der Waals surface area contributed by atoms with Crippen molar-refractivity contribution in [2.24, 2.45) is 0 Å². The highest BCUT2D eigenvalue weighted by Gasteiger charge is 2.19. The van der Waals surface area contributed by atoms with Gasteiger partial charge in [0.1, 0.15) is 0 Å². The van der Waals surface area contributed by atoms with Crippen molar-refractivity contribution in [3.63, 3.8) is 0 Å². The number of carbonyl (C=O) groups is 2. The lowest BCUT2D eigenvalue weighted by molar-refractivity contribution is 0.0986. The molecule has 2 aliphatic carbocycles. The van der Waals surface area contributed by atoms with Crippen molar-refractivity contribution in [1.82, 2.24) is 0 Å². The molecule has 2 aliphatic rings. The van der Waals surface area contributed by atoms with Gasteiger partial charge in [-0.3, -0.25) is 9.59 Å². The molecular formula is C18H14Br2O2. The predicted octanol–water partition coefficient (Wildman–Crippen LogP) is 5.16. The Morgan fingerprint density at radius 1 is 0.636 bits per heavy atom. The molecule has 0 amide bonds. The standard InChI is InChI=1S/2C9H7BrO/c2*10-7-2-3-8-6(5-7)1-4-9(8)11/h2*2-3,5H,1,4H2. The third-order valence-electron chi connectivity index (χ3n) is 3.98. The first-order valence-corrected chi connectivity index (χ1v) is 8.76. The Morgan fingerprint density at radius 2 is 1.05 bits per heavy atom. The molecule has 112 valence electrons. The normalized spacial score (nSPS) is 15.2. The number of hydrogen-bond acceptors (Lipinski definition) is 2. The van der Waals surface area contributed by atoms with Crippen molar-refractivity contribution in [3.8, 4) is 0 Å². The number of hydrogen-bond donors (Lipinski definition) is 0. The zero-order valence-electron chi connectivity index (χ0n) is 11.9. The third-order valence-corrected chi connectivity index (χ3v) is 4.96. The number of ketones is 2. The molecule has 0 bridgehead atoms. The van der Waals surface area contributed by atoms with E-state index in [0.717, 1.165) is 32.9 Å². The van der Waals surface area contributed by atoms with E-state index in [0.29, 0.717) is 12.8 Å². The molecule has 0 unspecified atom stereocenters. The van der Waals surface area contributed by atoms with Crippen molar-refractivity contribution in [2.45, 2.75) is 25.7 Å². The molecule has 0 spiro atoms. The first-order chi connectivity index (χ1) is 10.5. The number of halogens is 2. The summed E-state index contributed by atoms with van der Waals surface area (Å²) in [5.41, 5.74) is 4.19. The highest BCUT2D eigenvalue weighted by atomic mass is 79.9. The zero-order valence-corrected chi connectivity index (χ0v) is 15.0. The second-order valence-corrected chi connectivity index (χ2v) is 7.28. The Morgan fingerprint density at radius 3 is 1.45 bits per heavy atom. The van der Waals surface area contributed by atoms with Crippen LogP contribution in [0.15, 0.2) is 45.3 Å². The molecule has 2 aromatic rings. The Kier molecular flexibility index (Phi) is 4.59. The van der Waals surface area contributed by atoms with E-state index in [1.165, 1.54) is 11.1 Å². The number of benzene rings is 2. The molecule has 0 heterocycles. The molecule has 0 fully saturated rings. The maximum absolute atomic E-state index is 11.2. The van der Waals surface area contributed by atoms with Crippen molar-refractivity contribution < 1.29 is 9.59 Å². The average Bonchev–Trinajstić information content (AvgIpc) is 3.03. The molecule has 0 aliphatic heterocycles. The number of fused-ring (bicyclic) bond motifs is 2. The van der Waals surface area contributed by atoms with Crippen LogP contribution in [-0.2, 0) is 12.8 Å². The molecule has 0 aromatic heterocycles. The molecule has 22 heavy (non-hydrogen) atoms. The molecule has 0 saturated carbocycles. The van der Waals surface area contributed by atoms with E-state index in [1.807, 2.05) is 36.4 Å². The van der Waals surface area contributed by atoms with Crippen LogP contribution in [-0.4, -0.2) is 11.6 Å². The SMILES string of the molecule is O=C1CCc2cc(Br)ccc21.O=C1CCc2cc(Br)ccc21. The van der Waals surface area contributed by atoms with Crippen LogP contribution in [0.1, 0.15) is 44.7 Å². The van der Waals surface area contributed by atoms with Crippen LogP contribution in [0.4, 0.5) is 0 Å². The molecule has 4 heteroatoms. The van der Waals surface area contributed by atoms with Crippen LogP contribution in [0.25, 0.3) is 0 Å². The summed E-state index contributed by atoms with van der Waals surface area (Å²) in [6.45, 7) is 0. The largest absolute Gasteiger partial charge is 0.294 e. The molecule has 0 atom stereocenters. The quantitative estimate of drug-likeness (QED) is 0.588. The van der Waals surface area contributed by atoms with Crippen LogP contribution in [0.3, 0.4) is 0 Å². The van der Waals surface area contributed by atoms with E-state index in [-0.39, 0.29) is 11.6 Å². The zero-order chi connectivity index (χ0) is 15.7. The molecular weight excluding hydrogens is 408 g/mol. The van der Waals surface area contributed by atoms with Crippen molar-refractivity contribution in [3.05, 3.63) is 67.6 Å². The average molecular weight is 422 g/mol. The number of aryl methyl sites for hydroxylation is 2. The first-order valence-electron chi connectivity index (χ1n) is 7.18. The molecule has 2 aromatic carbocycles. The summed E-state index contributed by atoms with van der Waals surface area (Å²) < 4.78 is 2.12. The molecule has 0 radical (unpaired) electrons. The van der Waals surface area contributed by atoms with Gasteiger partial charge in [-0.05, 0) is 48.2 Å².